The molecule has 0 N–H and O–H groups in total. The van der Waals surface area contributed by atoms with E-state index < -0.39 is 0 Å². The van der Waals surface area contributed by atoms with Gasteiger partial charge in [-0.05, 0) is 18.4 Å². The van der Waals surface area contributed by atoms with E-state index >= 15 is 0 Å². The van der Waals surface area contributed by atoms with Crippen LogP contribution < -0.4 is 0 Å². The van der Waals surface area contributed by atoms with E-state index in [9.17, 15) is 4.79 Å². The van der Waals surface area contributed by atoms with Crippen molar-refractivity contribution < 1.29 is 9.53 Å². The molecule has 0 amide bonds. The molecule has 0 spiro atoms. The fraction of sp³-hybridized carbons (Fsp3) is 0.533. The van der Waals surface area contributed by atoms with Crippen LogP contribution in [-0.4, -0.2) is 31.1 Å². The Hall–Kier alpha value is -1.35. The summed E-state index contributed by atoms with van der Waals surface area (Å²) in [5.74, 6) is 0.301. The van der Waals surface area contributed by atoms with Gasteiger partial charge in [-0.15, -0.1) is 0 Å². The second kappa shape index (κ2) is 5.53. The molecular weight excluding hydrogens is 226 g/mol. The molecule has 3 heteroatoms. The molecule has 0 radical (unpaired) electrons. The average Bonchev–Trinajstić information content (AvgIpc) is 2.80. The quantitative estimate of drug-likeness (QED) is 0.769. The first-order valence-electron chi connectivity index (χ1n) is 6.50. The van der Waals surface area contributed by atoms with E-state index in [2.05, 4.69) is 43.0 Å². The Bertz CT molecular complexity index is 404. The summed E-state index contributed by atoms with van der Waals surface area (Å²) in [6.07, 6.45) is 0. The predicted molar refractivity (Wildman–Crippen MR) is 71.1 cm³/mol. The Morgan fingerprint density at radius 1 is 1.33 bits per heavy atom. The fourth-order valence-electron chi connectivity index (χ4n) is 2.72. The van der Waals surface area contributed by atoms with E-state index in [1.807, 2.05) is 6.07 Å². The summed E-state index contributed by atoms with van der Waals surface area (Å²) in [7, 11) is 1.47. The zero-order valence-electron chi connectivity index (χ0n) is 11.3. The first-order chi connectivity index (χ1) is 8.63. The van der Waals surface area contributed by atoms with Crippen LogP contribution in [0.15, 0.2) is 30.3 Å². The Kier molecular flexibility index (Phi) is 4.02. The standard InChI is InChI=1S/C15H21NO2/c1-11-9-16(10-14(11)15(17)18-3)12(2)13-7-5-4-6-8-13/h4-8,11-12,14H,9-10H2,1-3H3/t11-,12-,14-/m1/s1. The monoisotopic (exact) mass is 247 g/mol. The van der Waals surface area contributed by atoms with Crippen LogP contribution in [0.4, 0.5) is 0 Å². The third-order valence-electron chi connectivity index (χ3n) is 3.97. The van der Waals surface area contributed by atoms with Crippen molar-refractivity contribution in [3.63, 3.8) is 0 Å². The number of esters is 1. The first-order valence-corrected chi connectivity index (χ1v) is 6.50. The molecule has 0 aliphatic carbocycles. The highest BCUT2D eigenvalue weighted by atomic mass is 16.5. The lowest BCUT2D eigenvalue weighted by atomic mass is 9.99. The highest BCUT2D eigenvalue weighted by Gasteiger charge is 2.37. The maximum atomic E-state index is 11.7. The molecule has 1 aliphatic rings. The van der Waals surface area contributed by atoms with Gasteiger partial charge in [0.1, 0.15) is 0 Å². The molecule has 0 aromatic heterocycles. The van der Waals surface area contributed by atoms with Gasteiger partial charge < -0.3 is 4.74 Å². The van der Waals surface area contributed by atoms with Gasteiger partial charge in [0.15, 0.2) is 0 Å². The molecule has 1 aliphatic heterocycles. The van der Waals surface area contributed by atoms with Crippen LogP contribution in [-0.2, 0) is 9.53 Å². The van der Waals surface area contributed by atoms with Crippen molar-refractivity contribution in [2.75, 3.05) is 20.2 Å². The highest BCUT2D eigenvalue weighted by Crippen LogP contribution is 2.31. The van der Waals surface area contributed by atoms with Crippen molar-refractivity contribution in [3.05, 3.63) is 35.9 Å². The van der Waals surface area contributed by atoms with Gasteiger partial charge in [0.05, 0.1) is 13.0 Å². The molecular formula is C15H21NO2. The number of ether oxygens (including phenoxy) is 1. The Morgan fingerprint density at radius 3 is 2.61 bits per heavy atom. The van der Waals surface area contributed by atoms with Crippen LogP contribution >= 0.6 is 0 Å². The number of carbonyl (C=O) groups is 1. The zero-order chi connectivity index (χ0) is 13.1. The van der Waals surface area contributed by atoms with E-state index in [0.29, 0.717) is 12.0 Å². The van der Waals surface area contributed by atoms with E-state index in [4.69, 9.17) is 4.74 Å². The van der Waals surface area contributed by atoms with Crippen LogP contribution in [0.1, 0.15) is 25.5 Å². The Balaban J connectivity index is 2.06. The third-order valence-corrected chi connectivity index (χ3v) is 3.97. The summed E-state index contributed by atoms with van der Waals surface area (Å²) in [5, 5.41) is 0. The van der Waals surface area contributed by atoms with E-state index in [1.165, 1.54) is 12.7 Å². The fourth-order valence-corrected chi connectivity index (χ4v) is 2.72. The number of hydrogen-bond donors (Lipinski definition) is 0. The Labute approximate surface area is 109 Å². The van der Waals surface area contributed by atoms with Gasteiger partial charge in [-0.1, -0.05) is 37.3 Å². The summed E-state index contributed by atoms with van der Waals surface area (Å²) in [6, 6.07) is 10.8. The van der Waals surface area contributed by atoms with Crippen LogP contribution in [0.5, 0.6) is 0 Å². The molecule has 3 nitrogen and oxygen atoms in total. The molecule has 0 unspecified atom stereocenters. The van der Waals surface area contributed by atoms with Crippen LogP contribution in [0, 0.1) is 11.8 Å². The third kappa shape index (κ3) is 2.56. The molecule has 0 bridgehead atoms. The van der Waals surface area contributed by atoms with Gasteiger partial charge in [-0.2, -0.15) is 0 Å². The second-order valence-electron chi connectivity index (χ2n) is 5.15. The highest BCUT2D eigenvalue weighted by molar-refractivity contribution is 5.73. The number of nitrogens with zero attached hydrogens (tertiary/aromatic N) is 1. The lowest BCUT2D eigenvalue weighted by molar-refractivity contribution is -0.146. The van der Waals surface area contributed by atoms with Gasteiger partial charge >= 0.3 is 5.97 Å². The SMILES string of the molecule is COC(=O)[C@@H]1CN([C@H](C)c2ccccc2)C[C@H]1C. The zero-order valence-corrected chi connectivity index (χ0v) is 11.3. The lowest BCUT2D eigenvalue weighted by Gasteiger charge is -2.24. The minimum atomic E-state index is -0.0785. The molecule has 3 atom stereocenters. The smallest absolute Gasteiger partial charge is 0.310 e. The van der Waals surface area contributed by atoms with Gasteiger partial charge in [0.25, 0.3) is 0 Å². The minimum Gasteiger partial charge on any atom is -0.469 e. The summed E-state index contributed by atoms with van der Waals surface area (Å²) < 4.78 is 4.87. The van der Waals surface area contributed by atoms with E-state index in [-0.39, 0.29) is 11.9 Å². The van der Waals surface area contributed by atoms with Crippen LogP contribution in [0.3, 0.4) is 0 Å². The molecule has 1 fully saturated rings. The second-order valence-corrected chi connectivity index (χ2v) is 5.15. The number of benzene rings is 1. The number of methoxy groups -OCH3 is 1. The summed E-state index contributed by atoms with van der Waals surface area (Å²) in [6.45, 7) is 6.07. The van der Waals surface area contributed by atoms with Crippen LogP contribution in [0.25, 0.3) is 0 Å². The molecule has 98 valence electrons. The van der Waals surface area contributed by atoms with Gasteiger partial charge in [-0.3, -0.25) is 9.69 Å². The van der Waals surface area contributed by atoms with Crippen molar-refractivity contribution >= 4 is 5.97 Å². The lowest BCUT2D eigenvalue weighted by Crippen LogP contribution is -2.26. The van der Waals surface area contributed by atoms with Crippen molar-refractivity contribution in [2.45, 2.75) is 19.9 Å². The summed E-state index contributed by atoms with van der Waals surface area (Å²) >= 11 is 0. The van der Waals surface area contributed by atoms with Crippen LogP contribution in [0.2, 0.25) is 0 Å². The number of rotatable bonds is 3. The maximum absolute atomic E-state index is 11.7. The topological polar surface area (TPSA) is 29.5 Å². The molecule has 1 heterocycles. The Morgan fingerprint density at radius 2 is 2.00 bits per heavy atom. The summed E-state index contributed by atoms with van der Waals surface area (Å²) in [5.41, 5.74) is 1.30. The minimum absolute atomic E-state index is 0.0150. The van der Waals surface area contributed by atoms with E-state index in [1.54, 1.807) is 0 Å². The van der Waals surface area contributed by atoms with Gasteiger partial charge in [-0.25, -0.2) is 0 Å². The predicted octanol–water partition coefficient (Wildman–Crippen LogP) is 2.49. The number of likely N-dealkylation sites (tertiary alicyclic amines) is 1. The van der Waals surface area contributed by atoms with E-state index in [0.717, 1.165) is 13.1 Å². The number of hydrogen-bond acceptors (Lipinski definition) is 3. The largest absolute Gasteiger partial charge is 0.469 e. The van der Waals surface area contributed by atoms with Gasteiger partial charge in [0, 0.05) is 19.1 Å². The molecule has 0 saturated carbocycles. The van der Waals surface area contributed by atoms with Crippen molar-refractivity contribution in [1.82, 2.24) is 4.90 Å². The molecule has 18 heavy (non-hydrogen) atoms. The first kappa shape index (κ1) is 13.1. The van der Waals surface area contributed by atoms with Crippen molar-refractivity contribution in [2.24, 2.45) is 11.8 Å². The normalized spacial score (nSPS) is 25.9. The summed E-state index contributed by atoms with van der Waals surface area (Å²) in [4.78, 5) is 14.0. The molecule has 1 aromatic rings. The molecule has 2 rings (SSSR count). The van der Waals surface area contributed by atoms with Crippen molar-refractivity contribution in [1.29, 1.82) is 0 Å². The average molecular weight is 247 g/mol. The van der Waals surface area contributed by atoms with Crippen molar-refractivity contribution in [3.8, 4) is 0 Å². The maximum Gasteiger partial charge on any atom is 0.310 e. The molecule has 1 aromatic carbocycles. The number of carbonyl (C=O) groups excluding carboxylic acids is 1. The molecule has 1 saturated heterocycles. The van der Waals surface area contributed by atoms with Gasteiger partial charge in [0.2, 0.25) is 0 Å².